The number of nitrogens with one attached hydrogen (secondary N) is 1. The number of nitrogens with two attached hydrogens (primary N) is 1. The molecule has 1 aromatic carbocycles. The molecular formula is C11H13ClN2O4S2. The maximum atomic E-state index is 11.9. The molecule has 0 spiro atoms. The highest BCUT2D eigenvalue weighted by molar-refractivity contribution is 7.89. The molecule has 0 aliphatic heterocycles. The first-order chi connectivity index (χ1) is 9.27. The van der Waals surface area contributed by atoms with E-state index in [4.69, 9.17) is 29.6 Å². The summed E-state index contributed by atoms with van der Waals surface area (Å²) in [6, 6.07) is 3.92. The van der Waals surface area contributed by atoms with Crippen LogP contribution in [0.2, 0.25) is 5.02 Å². The van der Waals surface area contributed by atoms with Gasteiger partial charge >= 0.3 is 5.97 Å². The summed E-state index contributed by atoms with van der Waals surface area (Å²) in [7, 11) is -3.86. The molecular weight excluding hydrogens is 324 g/mol. The van der Waals surface area contributed by atoms with Crippen LogP contribution in [-0.4, -0.2) is 32.5 Å². The van der Waals surface area contributed by atoms with E-state index in [1.54, 1.807) is 6.92 Å². The van der Waals surface area contributed by atoms with E-state index < -0.39 is 22.5 Å². The van der Waals surface area contributed by atoms with Crippen molar-refractivity contribution in [3.63, 3.8) is 0 Å². The van der Waals surface area contributed by atoms with Crippen molar-refractivity contribution in [3.8, 4) is 0 Å². The van der Waals surface area contributed by atoms with Crippen LogP contribution in [0.3, 0.4) is 0 Å². The van der Waals surface area contributed by atoms with Gasteiger partial charge in [0.2, 0.25) is 10.0 Å². The minimum atomic E-state index is -3.86. The Morgan fingerprint density at radius 3 is 2.65 bits per heavy atom. The van der Waals surface area contributed by atoms with E-state index in [-0.39, 0.29) is 21.5 Å². The largest absolute Gasteiger partial charge is 0.465 e. The van der Waals surface area contributed by atoms with Crippen LogP contribution in [0.25, 0.3) is 0 Å². The molecule has 6 nitrogen and oxygen atoms in total. The minimum Gasteiger partial charge on any atom is -0.465 e. The average molecular weight is 337 g/mol. The number of thiocarbonyl (C=S) groups is 1. The van der Waals surface area contributed by atoms with Crippen molar-refractivity contribution in [3.05, 3.63) is 28.8 Å². The Labute approximate surface area is 127 Å². The van der Waals surface area contributed by atoms with Crippen LogP contribution in [0.4, 0.5) is 0 Å². The first-order valence-electron chi connectivity index (χ1n) is 5.52. The fourth-order valence-electron chi connectivity index (χ4n) is 1.31. The Morgan fingerprint density at radius 2 is 2.15 bits per heavy atom. The van der Waals surface area contributed by atoms with E-state index in [9.17, 15) is 13.2 Å². The summed E-state index contributed by atoms with van der Waals surface area (Å²) in [4.78, 5) is 11.1. The monoisotopic (exact) mass is 336 g/mol. The molecule has 0 heterocycles. The molecule has 0 amide bonds. The lowest BCUT2D eigenvalue weighted by Crippen LogP contribution is -2.30. The van der Waals surface area contributed by atoms with Gasteiger partial charge in [0, 0.05) is 5.56 Å². The summed E-state index contributed by atoms with van der Waals surface area (Å²) < 4.78 is 30.6. The molecule has 0 radical (unpaired) electrons. The maximum Gasteiger partial charge on any atom is 0.321 e. The third-order valence-electron chi connectivity index (χ3n) is 2.23. The zero-order chi connectivity index (χ0) is 15.3. The summed E-state index contributed by atoms with van der Waals surface area (Å²) in [5.41, 5.74) is 5.81. The minimum absolute atomic E-state index is 0.0680. The highest BCUT2D eigenvalue weighted by Gasteiger charge is 2.17. The number of sulfonamides is 1. The van der Waals surface area contributed by atoms with Gasteiger partial charge in [0.25, 0.3) is 0 Å². The molecule has 0 aromatic heterocycles. The molecule has 1 rings (SSSR count). The van der Waals surface area contributed by atoms with Crippen LogP contribution in [0.5, 0.6) is 0 Å². The van der Waals surface area contributed by atoms with Gasteiger partial charge in [-0.25, -0.2) is 8.42 Å². The third-order valence-corrected chi connectivity index (χ3v) is 4.16. The zero-order valence-electron chi connectivity index (χ0n) is 10.6. The van der Waals surface area contributed by atoms with Crippen molar-refractivity contribution in [1.82, 2.24) is 4.72 Å². The predicted molar refractivity (Wildman–Crippen MR) is 79.2 cm³/mol. The first kappa shape index (κ1) is 16.8. The Kier molecular flexibility index (Phi) is 5.88. The maximum absolute atomic E-state index is 11.9. The molecule has 0 bridgehead atoms. The molecule has 0 aliphatic rings. The molecule has 9 heteroatoms. The summed E-state index contributed by atoms with van der Waals surface area (Å²) >= 11 is 10.7. The van der Waals surface area contributed by atoms with Crippen LogP contribution >= 0.6 is 23.8 Å². The average Bonchev–Trinajstić information content (AvgIpc) is 2.36. The molecule has 1 aromatic rings. The number of benzene rings is 1. The van der Waals surface area contributed by atoms with Gasteiger partial charge in [-0.1, -0.05) is 23.8 Å². The van der Waals surface area contributed by atoms with Crippen LogP contribution in [0, 0.1) is 0 Å². The number of carbonyl (C=O) groups is 1. The van der Waals surface area contributed by atoms with Gasteiger partial charge in [-0.2, -0.15) is 4.72 Å². The second kappa shape index (κ2) is 6.98. The van der Waals surface area contributed by atoms with Crippen LogP contribution < -0.4 is 10.5 Å². The molecule has 0 saturated carbocycles. The molecule has 0 unspecified atom stereocenters. The van der Waals surface area contributed by atoms with Crippen molar-refractivity contribution < 1.29 is 17.9 Å². The Balaban J connectivity index is 2.91. The van der Waals surface area contributed by atoms with Crippen molar-refractivity contribution in [2.45, 2.75) is 11.8 Å². The second-order valence-electron chi connectivity index (χ2n) is 3.64. The van der Waals surface area contributed by atoms with Gasteiger partial charge in [-0.15, -0.1) is 0 Å². The number of rotatable bonds is 6. The summed E-state index contributed by atoms with van der Waals surface area (Å²) in [6.07, 6.45) is 0. The lowest BCUT2D eigenvalue weighted by atomic mass is 10.2. The number of hydrogen-bond acceptors (Lipinski definition) is 5. The predicted octanol–water partition coefficient (Wildman–Crippen LogP) is 0.816. The summed E-state index contributed by atoms with van der Waals surface area (Å²) in [5, 5.41) is 0.122. The van der Waals surface area contributed by atoms with Crippen LogP contribution in [0.15, 0.2) is 23.1 Å². The van der Waals surface area contributed by atoms with Crippen molar-refractivity contribution in [2.24, 2.45) is 5.73 Å². The van der Waals surface area contributed by atoms with Gasteiger partial charge in [-0.05, 0) is 25.1 Å². The van der Waals surface area contributed by atoms with E-state index in [1.165, 1.54) is 18.2 Å². The number of halogens is 1. The molecule has 0 aliphatic carbocycles. The first-order valence-corrected chi connectivity index (χ1v) is 7.79. The number of ether oxygens (including phenoxy) is 1. The highest BCUT2D eigenvalue weighted by Crippen LogP contribution is 2.20. The standard InChI is InChI=1S/C11H13ClN2O4S2/c1-2-18-10(15)6-14-20(16,17)7-3-4-8(11(13)19)9(12)5-7/h3-5,14H,2,6H2,1H3,(H2,13,19). The lowest BCUT2D eigenvalue weighted by molar-refractivity contribution is -0.141. The van der Waals surface area contributed by atoms with Gasteiger partial charge in [0.1, 0.15) is 11.5 Å². The number of esters is 1. The smallest absolute Gasteiger partial charge is 0.321 e. The van der Waals surface area contributed by atoms with Gasteiger partial charge in [0.15, 0.2) is 0 Å². The fraction of sp³-hybridized carbons (Fsp3) is 0.273. The molecule has 0 fully saturated rings. The molecule has 20 heavy (non-hydrogen) atoms. The SMILES string of the molecule is CCOC(=O)CNS(=O)(=O)c1ccc(C(N)=S)c(Cl)c1. The summed E-state index contributed by atoms with van der Waals surface area (Å²) in [5.74, 6) is -0.665. The second-order valence-corrected chi connectivity index (χ2v) is 6.25. The van der Waals surface area contributed by atoms with E-state index in [0.717, 1.165) is 0 Å². The van der Waals surface area contributed by atoms with E-state index in [1.807, 2.05) is 0 Å². The Morgan fingerprint density at radius 1 is 1.50 bits per heavy atom. The van der Waals surface area contributed by atoms with Crippen molar-refractivity contribution in [2.75, 3.05) is 13.2 Å². The van der Waals surface area contributed by atoms with E-state index in [0.29, 0.717) is 5.56 Å². The normalized spacial score (nSPS) is 11.1. The van der Waals surface area contributed by atoms with Gasteiger partial charge in [-0.3, -0.25) is 4.79 Å². The molecule has 110 valence electrons. The van der Waals surface area contributed by atoms with Crippen LogP contribution in [0.1, 0.15) is 12.5 Å². The van der Waals surface area contributed by atoms with Crippen LogP contribution in [-0.2, 0) is 19.6 Å². The Bertz CT molecular complexity index is 631. The zero-order valence-corrected chi connectivity index (χ0v) is 12.9. The topological polar surface area (TPSA) is 98.5 Å². The fourth-order valence-corrected chi connectivity index (χ4v) is 2.89. The quantitative estimate of drug-likeness (QED) is 0.589. The number of hydrogen-bond donors (Lipinski definition) is 2. The van der Waals surface area contributed by atoms with Gasteiger partial charge in [0.05, 0.1) is 16.5 Å². The van der Waals surface area contributed by atoms with E-state index in [2.05, 4.69) is 9.46 Å². The van der Waals surface area contributed by atoms with Crippen molar-refractivity contribution >= 4 is 44.8 Å². The summed E-state index contributed by atoms with van der Waals surface area (Å²) in [6.45, 7) is 1.35. The third kappa shape index (κ3) is 4.41. The highest BCUT2D eigenvalue weighted by atomic mass is 35.5. The molecule has 3 N–H and O–H groups in total. The van der Waals surface area contributed by atoms with Crippen molar-refractivity contribution in [1.29, 1.82) is 0 Å². The van der Waals surface area contributed by atoms with E-state index >= 15 is 0 Å². The molecule has 0 atom stereocenters. The Hall–Kier alpha value is -1.22. The molecule has 0 saturated heterocycles. The lowest BCUT2D eigenvalue weighted by Gasteiger charge is -2.08. The van der Waals surface area contributed by atoms with Gasteiger partial charge < -0.3 is 10.5 Å². The number of carbonyl (C=O) groups excluding carboxylic acids is 1.